The maximum atomic E-state index is 12.9. The van der Waals surface area contributed by atoms with Gasteiger partial charge in [-0.25, -0.2) is 8.42 Å². The Morgan fingerprint density at radius 3 is 2.54 bits per heavy atom. The van der Waals surface area contributed by atoms with E-state index in [1.54, 1.807) is 0 Å². The number of rotatable bonds is 7. The van der Waals surface area contributed by atoms with Crippen molar-refractivity contribution in [1.82, 2.24) is 14.5 Å². The first-order valence-electron chi connectivity index (χ1n) is 9.79. The molecule has 2 fully saturated rings. The molecule has 0 spiro atoms. The van der Waals surface area contributed by atoms with Crippen LogP contribution in [0.15, 0.2) is 23.1 Å². The van der Waals surface area contributed by atoms with Crippen LogP contribution in [0.1, 0.15) is 29.6 Å². The first kappa shape index (κ1) is 21.0. The van der Waals surface area contributed by atoms with Crippen LogP contribution in [0.3, 0.4) is 0 Å². The van der Waals surface area contributed by atoms with Crippen LogP contribution in [0.5, 0.6) is 5.75 Å². The van der Waals surface area contributed by atoms with Crippen LogP contribution in [0.4, 0.5) is 0 Å². The summed E-state index contributed by atoms with van der Waals surface area (Å²) in [6.45, 7) is 4.80. The third kappa shape index (κ3) is 5.02. The molecule has 2 heterocycles. The van der Waals surface area contributed by atoms with Crippen molar-refractivity contribution in [3.8, 4) is 5.75 Å². The molecule has 0 unspecified atom stereocenters. The van der Waals surface area contributed by atoms with Gasteiger partial charge in [0.15, 0.2) is 0 Å². The third-order valence-electron chi connectivity index (χ3n) is 5.19. The van der Waals surface area contributed by atoms with E-state index in [1.165, 1.54) is 48.9 Å². The maximum absolute atomic E-state index is 12.9. The van der Waals surface area contributed by atoms with Gasteiger partial charge in [-0.1, -0.05) is 6.42 Å². The summed E-state index contributed by atoms with van der Waals surface area (Å²) in [4.78, 5) is 15.1. The predicted molar refractivity (Wildman–Crippen MR) is 105 cm³/mol. The number of ether oxygens (including phenoxy) is 2. The molecule has 2 aliphatic rings. The van der Waals surface area contributed by atoms with E-state index in [9.17, 15) is 13.2 Å². The molecule has 0 bridgehead atoms. The molecule has 8 nitrogen and oxygen atoms in total. The van der Waals surface area contributed by atoms with Crippen molar-refractivity contribution in [1.29, 1.82) is 0 Å². The number of carbonyl (C=O) groups excluding carboxylic acids is 1. The predicted octanol–water partition coefficient (Wildman–Crippen LogP) is 0.932. The van der Waals surface area contributed by atoms with Crippen molar-refractivity contribution in [3.05, 3.63) is 23.8 Å². The standard InChI is InChI=1S/C19H29N3O5S/c1-26-18-6-5-16(28(24,25)22-11-13-27-14-12-22)15-17(18)19(23)20-7-10-21-8-3-2-4-9-21/h5-6,15H,2-4,7-14H2,1H3,(H,20,23). The van der Waals surface area contributed by atoms with E-state index in [-0.39, 0.29) is 16.4 Å². The molecule has 1 aromatic rings. The number of piperidine rings is 1. The number of nitrogens with one attached hydrogen (secondary N) is 1. The van der Waals surface area contributed by atoms with Crippen molar-refractivity contribution in [2.45, 2.75) is 24.2 Å². The Labute approximate surface area is 166 Å². The lowest BCUT2D eigenvalue weighted by Crippen LogP contribution is -2.40. The Balaban J connectivity index is 1.70. The van der Waals surface area contributed by atoms with Gasteiger partial charge in [-0.2, -0.15) is 4.31 Å². The highest BCUT2D eigenvalue weighted by molar-refractivity contribution is 7.89. The smallest absolute Gasteiger partial charge is 0.255 e. The molecule has 0 aromatic heterocycles. The van der Waals surface area contributed by atoms with Gasteiger partial charge in [0.05, 0.1) is 30.8 Å². The van der Waals surface area contributed by atoms with Crippen LogP contribution in [0.25, 0.3) is 0 Å². The van der Waals surface area contributed by atoms with Crippen LogP contribution in [-0.4, -0.2) is 83.1 Å². The second-order valence-corrected chi connectivity index (χ2v) is 8.97. The summed E-state index contributed by atoms with van der Waals surface area (Å²) in [5, 5.41) is 2.89. The zero-order valence-corrected chi connectivity index (χ0v) is 17.2. The average molecular weight is 412 g/mol. The van der Waals surface area contributed by atoms with Gasteiger partial charge in [0, 0.05) is 26.2 Å². The van der Waals surface area contributed by atoms with Crippen molar-refractivity contribution in [2.75, 3.05) is 59.6 Å². The average Bonchev–Trinajstić information content (AvgIpc) is 2.74. The molecule has 0 radical (unpaired) electrons. The molecule has 0 saturated carbocycles. The fourth-order valence-electron chi connectivity index (χ4n) is 3.57. The second-order valence-electron chi connectivity index (χ2n) is 7.04. The Morgan fingerprint density at radius 2 is 1.86 bits per heavy atom. The largest absolute Gasteiger partial charge is 0.496 e. The van der Waals surface area contributed by atoms with Crippen LogP contribution in [0.2, 0.25) is 0 Å². The van der Waals surface area contributed by atoms with Gasteiger partial charge < -0.3 is 19.7 Å². The Kier molecular flexibility index (Phi) is 7.28. The van der Waals surface area contributed by atoms with Crippen LogP contribution < -0.4 is 10.1 Å². The monoisotopic (exact) mass is 411 g/mol. The summed E-state index contributed by atoms with van der Waals surface area (Å²) in [6, 6.07) is 4.42. The van der Waals surface area contributed by atoms with E-state index in [0.717, 1.165) is 19.6 Å². The van der Waals surface area contributed by atoms with Crippen molar-refractivity contribution in [3.63, 3.8) is 0 Å². The summed E-state index contributed by atoms with van der Waals surface area (Å²) in [5.41, 5.74) is 0.232. The molecule has 0 atom stereocenters. The first-order valence-corrected chi connectivity index (χ1v) is 11.2. The minimum absolute atomic E-state index is 0.0939. The van der Waals surface area contributed by atoms with E-state index >= 15 is 0 Å². The minimum Gasteiger partial charge on any atom is -0.496 e. The quantitative estimate of drug-likeness (QED) is 0.718. The molecule has 2 aliphatic heterocycles. The SMILES string of the molecule is COc1ccc(S(=O)(=O)N2CCOCC2)cc1C(=O)NCCN1CCCCC1. The molecule has 28 heavy (non-hydrogen) atoms. The lowest BCUT2D eigenvalue weighted by atomic mass is 10.1. The van der Waals surface area contributed by atoms with Crippen LogP contribution in [-0.2, 0) is 14.8 Å². The van der Waals surface area contributed by atoms with Gasteiger partial charge in [-0.3, -0.25) is 4.79 Å². The molecule has 9 heteroatoms. The number of carbonyl (C=O) groups is 1. The molecular weight excluding hydrogens is 382 g/mol. The number of hydrogen-bond donors (Lipinski definition) is 1. The van der Waals surface area contributed by atoms with Gasteiger partial charge in [0.2, 0.25) is 10.0 Å². The molecular formula is C19H29N3O5S. The normalized spacial score (nSPS) is 19.3. The van der Waals surface area contributed by atoms with Crippen molar-refractivity contribution < 1.29 is 22.7 Å². The highest BCUT2D eigenvalue weighted by Gasteiger charge is 2.28. The van der Waals surface area contributed by atoms with E-state index in [2.05, 4.69) is 10.2 Å². The highest BCUT2D eigenvalue weighted by Crippen LogP contribution is 2.25. The Hall–Kier alpha value is -1.68. The van der Waals surface area contributed by atoms with Gasteiger partial charge in [-0.05, 0) is 44.1 Å². The zero-order chi connectivity index (χ0) is 20.0. The van der Waals surface area contributed by atoms with Gasteiger partial charge in [0.25, 0.3) is 5.91 Å². The second kappa shape index (κ2) is 9.69. The summed E-state index contributed by atoms with van der Waals surface area (Å²) in [6.07, 6.45) is 3.66. The maximum Gasteiger partial charge on any atom is 0.255 e. The highest BCUT2D eigenvalue weighted by atomic mass is 32.2. The zero-order valence-electron chi connectivity index (χ0n) is 16.4. The Bertz CT molecular complexity index is 772. The molecule has 156 valence electrons. The van der Waals surface area contributed by atoms with E-state index in [4.69, 9.17) is 9.47 Å². The fourth-order valence-corrected chi connectivity index (χ4v) is 5.00. The number of nitrogens with zero attached hydrogens (tertiary/aromatic N) is 2. The molecule has 3 rings (SSSR count). The molecule has 2 saturated heterocycles. The number of amides is 1. The van der Waals surface area contributed by atoms with Crippen LogP contribution >= 0.6 is 0 Å². The lowest BCUT2D eigenvalue weighted by Gasteiger charge is -2.26. The summed E-state index contributed by atoms with van der Waals surface area (Å²) in [5.74, 6) is 0.0317. The van der Waals surface area contributed by atoms with E-state index < -0.39 is 10.0 Å². The third-order valence-corrected chi connectivity index (χ3v) is 7.08. The topological polar surface area (TPSA) is 88.2 Å². The van der Waals surface area contributed by atoms with Crippen molar-refractivity contribution >= 4 is 15.9 Å². The van der Waals surface area contributed by atoms with Crippen LogP contribution in [0, 0.1) is 0 Å². The molecule has 0 aliphatic carbocycles. The molecule has 1 aromatic carbocycles. The van der Waals surface area contributed by atoms with Crippen molar-refractivity contribution in [2.24, 2.45) is 0 Å². The van der Waals surface area contributed by atoms with Gasteiger partial charge in [0.1, 0.15) is 5.75 Å². The number of methoxy groups -OCH3 is 1. The summed E-state index contributed by atoms with van der Waals surface area (Å²) >= 11 is 0. The number of morpholine rings is 1. The molecule has 1 N–H and O–H groups in total. The summed E-state index contributed by atoms with van der Waals surface area (Å²) in [7, 11) is -2.20. The minimum atomic E-state index is -3.67. The number of likely N-dealkylation sites (tertiary alicyclic amines) is 1. The first-order chi connectivity index (χ1) is 13.5. The van der Waals surface area contributed by atoms with E-state index in [1.807, 2.05) is 0 Å². The lowest BCUT2D eigenvalue weighted by molar-refractivity contribution is 0.0730. The summed E-state index contributed by atoms with van der Waals surface area (Å²) < 4.78 is 37.6. The Morgan fingerprint density at radius 1 is 1.14 bits per heavy atom. The molecule has 1 amide bonds. The van der Waals surface area contributed by atoms with Gasteiger partial charge >= 0.3 is 0 Å². The number of benzene rings is 1. The van der Waals surface area contributed by atoms with E-state index in [0.29, 0.717) is 38.6 Å². The number of sulfonamides is 1. The van der Waals surface area contributed by atoms with Gasteiger partial charge in [-0.15, -0.1) is 0 Å². The number of hydrogen-bond acceptors (Lipinski definition) is 6. The fraction of sp³-hybridized carbons (Fsp3) is 0.632.